The molecule has 128 valence electrons. The Balaban J connectivity index is 1.80. The summed E-state index contributed by atoms with van der Waals surface area (Å²) in [6.45, 7) is 1.72. The van der Waals surface area contributed by atoms with Crippen molar-refractivity contribution < 1.29 is 9.84 Å². The second-order valence-electron chi connectivity index (χ2n) is 6.49. The average molecular weight is 328 g/mol. The summed E-state index contributed by atoms with van der Waals surface area (Å²) < 4.78 is 5.31. The molecule has 1 aromatic heterocycles. The fourth-order valence-electron chi connectivity index (χ4n) is 3.44. The number of ether oxygens (including phenoxy) is 1. The van der Waals surface area contributed by atoms with Crippen molar-refractivity contribution in [2.45, 2.75) is 19.3 Å². The van der Waals surface area contributed by atoms with E-state index in [1.54, 1.807) is 19.4 Å². The number of piperidine rings is 1. The third kappa shape index (κ3) is 3.59. The Labute approximate surface area is 142 Å². The highest BCUT2D eigenvalue weighted by molar-refractivity contribution is 5.39. The van der Waals surface area contributed by atoms with Crippen LogP contribution in [-0.2, 0) is 6.42 Å². The van der Waals surface area contributed by atoms with Crippen molar-refractivity contribution in [3.8, 4) is 5.75 Å². The maximum Gasteiger partial charge on any atom is 0.227 e. The number of methoxy groups -OCH3 is 1. The molecule has 1 fully saturated rings. The molecule has 0 unspecified atom stereocenters. The van der Waals surface area contributed by atoms with Gasteiger partial charge in [0, 0.05) is 24.7 Å². The zero-order valence-electron chi connectivity index (χ0n) is 14.0. The minimum absolute atomic E-state index is 0.128. The van der Waals surface area contributed by atoms with Gasteiger partial charge in [0.25, 0.3) is 0 Å². The van der Waals surface area contributed by atoms with E-state index in [-0.39, 0.29) is 12.0 Å². The van der Waals surface area contributed by atoms with E-state index in [2.05, 4.69) is 20.9 Å². The SMILES string of the molecule is COc1cccc(C[C@@]2(CO)CCCN(c3nccc(N)n3)C2)c1. The van der Waals surface area contributed by atoms with Crippen LogP contribution in [0.3, 0.4) is 0 Å². The van der Waals surface area contributed by atoms with Crippen LogP contribution in [0.5, 0.6) is 5.75 Å². The lowest BCUT2D eigenvalue weighted by molar-refractivity contribution is 0.105. The number of hydrogen-bond acceptors (Lipinski definition) is 6. The van der Waals surface area contributed by atoms with E-state index >= 15 is 0 Å². The summed E-state index contributed by atoms with van der Waals surface area (Å²) in [6, 6.07) is 9.72. The molecule has 0 bridgehead atoms. The van der Waals surface area contributed by atoms with Gasteiger partial charge in [-0.2, -0.15) is 4.98 Å². The molecule has 2 aromatic rings. The summed E-state index contributed by atoms with van der Waals surface area (Å²) in [7, 11) is 1.67. The molecule has 6 heteroatoms. The van der Waals surface area contributed by atoms with Gasteiger partial charge in [-0.3, -0.25) is 0 Å². The molecule has 1 atom stereocenters. The van der Waals surface area contributed by atoms with E-state index in [4.69, 9.17) is 10.5 Å². The largest absolute Gasteiger partial charge is 0.497 e. The van der Waals surface area contributed by atoms with Crippen molar-refractivity contribution in [3.63, 3.8) is 0 Å². The van der Waals surface area contributed by atoms with E-state index in [1.807, 2.05) is 18.2 Å². The van der Waals surface area contributed by atoms with Gasteiger partial charge < -0.3 is 20.5 Å². The molecule has 1 aliphatic heterocycles. The lowest BCUT2D eigenvalue weighted by Crippen LogP contribution is -2.47. The van der Waals surface area contributed by atoms with Crippen LogP contribution in [0.2, 0.25) is 0 Å². The smallest absolute Gasteiger partial charge is 0.227 e. The van der Waals surface area contributed by atoms with Crippen LogP contribution in [0, 0.1) is 5.41 Å². The third-order valence-corrected chi connectivity index (χ3v) is 4.66. The van der Waals surface area contributed by atoms with Crippen LogP contribution in [-0.4, -0.2) is 41.9 Å². The monoisotopic (exact) mass is 328 g/mol. The van der Waals surface area contributed by atoms with Crippen LogP contribution in [0.15, 0.2) is 36.5 Å². The van der Waals surface area contributed by atoms with Crippen LogP contribution in [0.1, 0.15) is 18.4 Å². The van der Waals surface area contributed by atoms with Crippen LogP contribution in [0.25, 0.3) is 0 Å². The summed E-state index contributed by atoms with van der Waals surface area (Å²) in [4.78, 5) is 10.8. The fourth-order valence-corrected chi connectivity index (χ4v) is 3.44. The molecule has 1 aliphatic rings. The third-order valence-electron chi connectivity index (χ3n) is 4.66. The Hall–Kier alpha value is -2.34. The Kier molecular flexibility index (Phi) is 4.85. The first-order valence-electron chi connectivity index (χ1n) is 8.21. The average Bonchev–Trinajstić information content (AvgIpc) is 2.62. The van der Waals surface area contributed by atoms with Gasteiger partial charge in [0.05, 0.1) is 13.7 Å². The molecule has 0 aliphatic carbocycles. The highest BCUT2D eigenvalue weighted by atomic mass is 16.5. The van der Waals surface area contributed by atoms with Gasteiger partial charge in [0.1, 0.15) is 11.6 Å². The quantitative estimate of drug-likeness (QED) is 0.872. The van der Waals surface area contributed by atoms with E-state index in [0.29, 0.717) is 18.3 Å². The van der Waals surface area contributed by atoms with Crippen molar-refractivity contribution in [1.29, 1.82) is 0 Å². The normalized spacial score (nSPS) is 20.8. The number of hydrogen-bond donors (Lipinski definition) is 2. The molecule has 3 N–H and O–H groups in total. The molecule has 1 saturated heterocycles. The summed E-state index contributed by atoms with van der Waals surface area (Å²) in [6.07, 6.45) is 4.43. The molecular formula is C18H24N4O2. The van der Waals surface area contributed by atoms with Crippen molar-refractivity contribution in [2.24, 2.45) is 5.41 Å². The zero-order valence-corrected chi connectivity index (χ0v) is 14.0. The molecule has 0 radical (unpaired) electrons. The molecule has 0 saturated carbocycles. The maximum atomic E-state index is 10.1. The molecule has 3 rings (SSSR count). The van der Waals surface area contributed by atoms with E-state index < -0.39 is 0 Å². The predicted octanol–water partition coefficient (Wildman–Crippen LogP) is 1.89. The molecule has 0 amide bonds. The number of aliphatic hydroxyl groups is 1. The summed E-state index contributed by atoms with van der Waals surface area (Å²) >= 11 is 0. The van der Waals surface area contributed by atoms with Gasteiger partial charge in [0.2, 0.25) is 5.95 Å². The molecule has 24 heavy (non-hydrogen) atoms. The summed E-state index contributed by atoms with van der Waals surface area (Å²) in [5.41, 5.74) is 6.74. The van der Waals surface area contributed by atoms with E-state index in [1.165, 1.54) is 5.56 Å². The summed E-state index contributed by atoms with van der Waals surface area (Å²) in [5, 5.41) is 10.1. The van der Waals surface area contributed by atoms with Crippen molar-refractivity contribution in [1.82, 2.24) is 9.97 Å². The topological polar surface area (TPSA) is 84.5 Å². The lowest BCUT2D eigenvalue weighted by Gasteiger charge is -2.42. The van der Waals surface area contributed by atoms with Gasteiger partial charge in [-0.1, -0.05) is 12.1 Å². The maximum absolute atomic E-state index is 10.1. The molecule has 0 spiro atoms. The second kappa shape index (κ2) is 7.05. The number of aromatic nitrogens is 2. The Morgan fingerprint density at radius 3 is 3.00 bits per heavy atom. The molecule has 1 aromatic carbocycles. The number of nitrogens with two attached hydrogens (primary N) is 1. The van der Waals surface area contributed by atoms with Gasteiger partial charge >= 0.3 is 0 Å². The van der Waals surface area contributed by atoms with Gasteiger partial charge in [0.15, 0.2) is 0 Å². The number of nitrogen functional groups attached to an aromatic ring is 1. The Morgan fingerprint density at radius 1 is 1.38 bits per heavy atom. The molecule has 2 heterocycles. The first-order valence-corrected chi connectivity index (χ1v) is 8.21. The van der Waals surface area contributed by atoms with Crippen LogP contribution in [0.4, 0.5) is 11.8 Å². The number of nitrogens with zero attached hydrogens (tertiary/aromatic N) is 3. The van der Waals surface area contributed by atoms with Crippen LogP contribution >= 0.6 is 0 Å². The highest BCUT2D eigenvalue weighted by Crippen LogP contribution is 2.35. The standard InChI is InChI=1S/C18H24N4O2/c1-24-15-5-2-4-14(10-15)11-18(13-23)7-3-9-22(12-18)17-20-8-6-16(19)21-17/h2,4-6,8,10,23H,3,7,9,11-13H2,1H3,(H2,19,20,21)/t18-/m0/s1. The highest BCUT2D eigenvalue weighted by Gasteiger charge is 2.36. The number of benzene rings is 1. The van der Waals surface area contributed by atoms with Crippen LogP contribution < -0.4 is 15.4 Å². The minimum Gasteiger partial charge on any atom is -0.497 e. The molecule has 6 nitrogen and oxygen atoms in total. The first kappa shape index (κ1) is 16.5. The molecular weight excluding hydrogens is 304 g/mol. The zero-order chi connectivity index (χ0) is 17.0. The number of rotatable bonds is 5. The van der Waals surface area contributed by atoms with Crippen molar-refractivity contribution in [2.75, 3.05) is 37.4 Å². The second-order valence-corrected chi connectivity index (χ2v) is 6.49. The van der Waals surface area contributed by atoms with Crippen molar-refractivity contribution >= 4 is 11.8 Å². The van der Waals surface area contributed by atoms with Gasteiger partial charge in [-0.15, -0.1) is 0 Å². The van der Waals surface area contributed by atoms with Crippen molar-refractivity contribution in [3.05, 3.63) is 42.1 Å². The lowest BCUT2D eigenvalue weighted by atomic mass is 9.76. The van der Waals surface area contributed by atoms with Gasteiger partial charge in [-0.05, 0) is 43.0 Å². The minimum atomic E-state index is -0.210. The first-order chi connectivity index (χ1) is 11.6. The van der Waals surface area contributed by atoms with Gasteiger partial charge in [-0.25, -0.2) is 4.98 Å². The Bertz CT molecular complexity index is 694. The number of anilines is 2. The Morgan fingerprint density at radius 2 is 2.25 bits per heavy atom. The predicted molar refractivity (Wildman–Crippen MR) is 94.1 cm³/mol. The fraction of sp³-hybridized carbons (Fsp3) is 0.444. The van der Waals surface area contributed by atoms with E-state index in [0.717, 1.165) is 31.6 Å². The summed E-state index contributed by atoms with van der Waals surface area (Å²) in [5.74, 6) is 1.94. The van der Waals surface area contributed by atoms with E-state index in [9.17, 15) is 5.11 Å². The number of aliphatic hydroxyl groups excluding tert-OH is 1.